The van der Waals surface area contributed by atoms with Crippen molar-refractivity contribution in [1.82, 2.24) is 4.90 Å². The third kappa shape index (κ3) is 4.64. The summed E-state index contributed by atoms with van der Waals surface area (Å²) < 4.78 is 10.3. The van der Waals surface area contributed by atoms with E-state index in [1.54, 1.807) is 6.92 Å². The van der Waals surface area contributed by atoms with Crippen LogP contribution in [0.15, 0.2) is 0 Å². The maximum atomic E-state index is 11.1. The lowest BCUT2D eigenvalue weighted by molar-refractivity contribution is -0.149. The zero-order valence-electron chi connectivity index (χ0n) is 11.5. The van der Waals surface area contributed by atoms with Gasteiger partial charge in [-0.05, 0) is 47.1 Å². The van der Waals surface area contributed by atoms with Gasteiger partial charge in [-0.25, -0.2) is 4.79 Å². The van der Waals surface area contributed by atoms with Gasteiger partial charge in [-0.3, -0.25) is 4.90 Å². The van der Waals surface area contributed by atoms with Crippen LogP contribution in [0.3, 0.4) is 0 Å². The quantitative estimate of drug-likeness (QED) is 0.691. The molecule has 0 bridgehead atoms. The third-order valence-electron chi connectivity index (χ3n) is 3.07. The van der Waals surface area contributed by atoms with Gasteiger partial charge in [0.05, 0.1) is 13.2 Å². The number of hydrogen-bond acceptors (Lipinski definition) is 4. The zero-order valence-corrected chi connectivity index (χ0v) is 11.5. The minimum absolute atomic E-state index is 0.0717. The Morgan fingerprint density at radius 3 is 2.71 bits per heavy atom. The second kappa shape index (κ2) is 6.36. The number of carbonyl (C=O) groups excluding carboxylic acids is 1. The summed E-state index contributed by atoms with van der Waals surface area (Å²) in [7, 11) is 0. The minimum atomic E-state index is -0.271. The number of carbonyl (C=O) groups is 1. The number of likely N-dealkylation sites (tertiary alicyclic amines) is 1. The van der Waals surface area contributed by atoms with E-state index in [9.17, 15) is 4.79 Å². The molecule has 1 saturated heterocycles. The van der Waals surface area contributed by atoms with Crippen molar-refractivity contribution < 1.29 is 14.3 Å². The van der Waals surface area contributed by atoms with E-state index in [0.717, 1.165) is 13.0 Å². The van der Waals surface area contributed by atoms with Gasteiger partial charge in [0, 0.05) is 11.6 Å². The van der Waals surface area contributed by atoms with E-state index in [4.69, 9.17) is 9.47 Å². The first-order chi connectivity index (χ1) is 7.95. The van der Waals surface area contributed by atoms with Gasteiger partial charge >= 0.3 is 5.97 Å². The lowest BCUT2D eigenvalue weighted by Gasteiger charge is -2.36. The summed E-state index contributed by atoms with van der Waals surface area (Å²) in [6.07, 6.45) is 2.37. The molecule has 0 aromatic rings. The van der Waals surface area contributed by atoms with Crippen molar-refractivity contribution in [2.45, 2.75) is 52.1 Å². The molecule has 0 unspecified atom stereocenters. The molecule has 0 saturated carbocycles. The van der Waals surface area contributed by atoms with E-state index < -0.39 is 0 Å². The summed E-state index contributed by atoms with van der Waals surface area (Å²) in [6.45, 7) is 10.7. The van der Waals surface area contributed by atoms with Crippen molar-refractivity contribution in [3.05, 3.63) is 0 Å². The van der Waals surface area contributed by atoms with Gasteiger partial charge in [0.15, 0.2) is 0 Å². The molecule has 1 atom stereocenters. The summed E-state index contributed by atoms with van der Waals surface area (Å²) >= 11 is 0. The Morgan fingerprint density at radius 1 is 1.41 bits per heavy atom. The van der Waals surface area contributed by atoms with Gasteiger partial charge in [-0.1, -0.05) is 0 Å². The Kier molecular flexibility index (Phi) is 5.40. The van der Waals surface area contributed by atoms with Gasteiger partial charge in [0.25, 0.3) is 0 Å². The molecule has 1 heterocycles. The highest BCUT2D eigenvalue weighted by molar-refractivity contribution is 5.70. The van der Waals surface area contributed by atoms with E-state index in [-0.39, 0.29) is 18.1 Å². The van der Waals surface area contributed by atoms with Gasteiger partial charge in [-0.2, -0.15) is 0 Å². The van der Waals surface area contributed by atoms with Crippen LogP contribution in [-0.4, -0.2) is 48.8 Å². The fourth-order valence-corrected chi connectivity index (χ4v) is 2.37. The Bertz CT molecular complexity index is 248. The average Bonchev–Trinajstić information content (AvgIpc) is 2.65. The highest BCUT2D eigenvalue weighted by atomic mass is 16.6. The topological polar surface area (TPSA) is 38.8 Å². The molecular formula is C13H25NO3. The Labute approximate surface area is 104 Å². The van der Waals surface area contributed by atoms with Crippen molar-refractivity contribution in [3.8, 4) is 0 Å². The normalized spacial score (nSPS) is 21.8. The van der Waals surface area contributed by atoms with E-state index in [2.05, 4.69) is 25.7 Å². The summed E-state index contributed by atoms with van der Waals surface area (Å²) in [6, 6.07) is 0.435. The van der Waals surface area contributed by atoms with E-state index in [1.807, 2.05) is 0 Å². The Morgan fingerprint density at radius 2 is 2.12 bits per heavy atom. The van der Waals surface area contributed by atoms with Crippen molar-refractivity contribution in [1.29, 1.82) is 0 Å². The molecule has 0 spiro atoms. The zero-order chi connectivity index (χ0) is 12.9. The van der Waals surface area contributed by atoms with Crippen LogP contribution in [0, 0.1) is 0 Å². The molecule has 0 amide bonds. The van der Waals surface area contributed by atoms with Gasteiger partial charge in [0.1, 0.15) is 6.61 Å². The number of ether oxygens (including phenoxy) is 2. The minimum Gasteiger partial charge on any atom is -0.464 e. The smallest absolute Gasteiger partial charge is 0.332 e. The lowest BCUT2D eigenvalue weighted by Crippen LogP contribution is -2.46. The van der Waals surface area contributed by atoms with Crippen LogP contribution < -0.4 is 0 Å². The highest BCUT2D eigenvalue weighted by Crippen LogP contribution is 2.26. The molecule has 1 fully saturated rings. The molecule has 17 heavy (non-hydrogen) atoms. The molecular weight excluding hydrogens is 218 g/mol. The number of rotatable bonds is 5. The molecule has 1 rings (SSSR count). The standard InChI is InChI=1S/C13H25NO3/c1-5-17-12(15)10-16-9-11-7-6-8-14(11)13(2,3)4/h11H,5-10H2,1-4H3/t11-/m0/s1. The van der Waals surface area contributed by atoms with Crippen LogP contribution in [0.4, 0.5) is 0 Å². The fourth-order valence-electron chi connectivity index (χ4n) is 2.37. The largest absolute Gasteiger partial charge is 0.464 e. The van der Waals surface area contributed by atoms with Crippen LogP contribution in [0.5, 0.6) is 0 Å². The van der Waals surface area contributed by atoms with Crippen LogP contribution >= 0.6 is 0 Å². The molecule has 4 heteroatoms. The first-order valence-corrected chi connectivity index (χ1v) is 6.45. The second-order valence-corrected chi connectivity index (χ2v) is 5.48. The molecule has 0 aromatic carbocycles. The average molecular weight is 243 g/mol. The molecule has 1 aliphatic heterocycles. The fraction of sp³-hybridized carbons (Fsp3) is 0.923. The first-order valence-electron chi connectivity index (χ1n) is 6.45. The van der Waals surface area contributed by atoms with Crippen LogP contribution in [-0.2, 0) is 14.3 Å². The highest BCUT2D eigenvalue weighted by Gasteiger charge is 2.32. The van der Waals surface area contributed by atoms with Crippen LogP contribution in [0.1, 0.15) is 40.5 Å². The molecule has 1 aliphatic rings. The maximum Gasteiger partial charge on any atom is 0.332 e. The first kappa shape index (κ1) is 14.5. The van der Waals surface area contributed by atoms with E-state index in [1.165, 1.54) is 6.42 Å². The van der Waals surface area contributed by atoms with Crippen molar-refractivity contribution in [2.75, 3.05) is 26.4 Å². The van der Waals surface area contributed by atoms with Gasteiger partial charge in [0.2, 0.25) is 0 Å². The van der Waals surface area contributed by atoms with Crippen LogP contribution in [0.25, 0.3) is 0 Å². The summed E-state index contributed by atoms with van der Waals surface area (Å²) in [5, 5.41) is 0. The molecule has 0 aliphatic carbocycles. The van der Waals surface area contributed by atoms with Crippen molar-refractivity contribution in [2.24, 2.45) is 0 Å². The lowest BCUT2D eigenvalue weighted by atomic mass is 10.1. The second-order valence-electron chi connectivity index (χ2n) is 5.48. The van der Waals surface area contributed by atoms with E-state index in [0.29, 0.717) is 19.3 Å². The Balaban J connectivity index is 2.29. The van der Waals surface area contributed by atoms with E-state index >= 15 is 0 Å². The molecule has 0 N–H and O–H groups in total. The maximum absolute atomic E-state index is 11.1. The molecule has 4 nitrogen and oxygen atoms in total. The van der Waals surface area contributed by atoms with Crippen LogP contribution in [0.2, 0.25) is 0 Å². The SMILES string of the molecule is CCOC(=O)COC[C@@H]1CCCN1C(C)(C)C. The van der Waals surface area contributed by atoms with Gasteiger partial charge < -0.3 is 9.47 Å². The molecule has 0 aromatic heterocycles. The third-order valence-corrected chi connectivity index (χ3v) is 3.07. The monoisotopic (exact) mass is 243 g/mol. The van der Waals surface area contributed by atoms with Crippen molar-refractivity contribution in [3.63, 3.8) is 0 Å². The molecule has 0 radical (unpaired) electrons. The number of esters is 1. The number of hydrogen-bond donors (Lipinski definition) is 0. The van der Waals surface area contributed by atoms with Crippen molar-refractivity contribution >= 4 is 5.97 Å². The number of nitrogens with zero attached hydrogens (tertiary/aromatic N) is 1. The summed E-state index contributed by atoms with van der Waals surface area (Å²) in [5.74, 6) is -0.271. The summed E-state index contributed by atoms with van der Waals surface area (Å²) in [5.41, 5.74) is 0.175. The predicted octanol–water partition coefficient (Wildman–Crippen LogP) is 1.83. The Hall–Kier alpha value is -0.610. The summed E-state index contributed by atoms with van der Waals surface area (Å²) in [4.78, 5) is 13.6. The molecule has 100 valence electrons. The van der Waals surface area contributed by atoms with Gasteiger partial charge in [-0.15, -0.1) is 0 Å². The predicted molar refractivity (Wildman–Crippen MR) is 66.9 cm³/mol.